The standard InChI is InChI=1S/C17H27NO/c1-12-6-7-15(13(2)10-12)18(5)11-14-8-9-17(3,4)16(14)19/h6-7,10,14,16,19H,8-9,11H2,1-5H3. The lowest BCUT2D eigenvalue weighted by molar-refractivity contribution is 0.0484. The molecule has 0 amide bonds. The fourth-order valence-electron chi connectivity index (χ4n) is 3.38. The highest BCUT2D eigenvalue weighted by molar-refractivity contribution is 5.53. The highest BCUT2D eigenvalue weighted by Gasteiger charge is 2.40. The van der Waals surface area contributed by atoms with Crippen molar-refractivity contribution in [1.29, 1.82) is 0 Å². The number of hydrogen-bond acceptors (Lipinski definition) is 2. The Bertz CT molecular complexity index is 453. The first-order valence-electron chi connectivity index (χ1n) is 7.28. The van der Waals surface area contributed by atoms with Crippen LogP contribution in [-0.2, 0) is 0 Å². The van der Waals surface area contributed by atoms with Crippen molar-refractivity contribution >= 4 is 5.69 Å². The number of aliphatic hydroxyl groups is 1. The van der Waals surface area contributed by atoms with Crippen LogP contribution in [0.1, 0.15) is 37.8 Å². The van der Waals surface area contributed by atoms with Crippen LogP contribution in [0.2, 0.25) is 0 Å². The molecule has 2 atom stereocenters. The predicted molar refractivity (Wildman–Crippen MR) is 81.7 cm³/mol. The molecule has 2 rings (SSSR count). The fraction of sp³-hybridized carbons (Fsp3) is 0.647. The zero-order valence-electron chi connectivity index (χ0n) is 12.9. The second-order valence-corrected chi connectivity index (χ2v) is 6.90. The van der Waals surface area contributed by atoms with Crippen LogP contribution in [0, 0.1) is 25.2 Å². The molecule has 0 spiro atoms. The second-order valence-electron chi connectivity index (χ2n) is 6.90. The quantitative estimate of drug-likeness (QED) is 0.899. The van der Waals surface area contributed by atoms with Crippen LogP contribution in [0.25, 0.3) is 0 Å². The highest BCUT2D eigenvalue weighted by Crippen LogP contribution is 2.41. The van der Waals surface area contributed by atoms with Gasteiger partial charge in [0.15, 0.2) is 0 Å². The van der Waals surface area contributed by atoms with Gasteiger partial charge in [-0.2, -0.15) is 0 Å². The van der Waals surface area contributed by atoms with E-state index in [1.165, 1.54) is 16.8 Å². The van der Waals surface area contributed by atoms with E-state index in [0.717, 1.165) is 19.4 Å². The van der Waals surface area contributed by atoms with Crippen molar-refractivity contribution in [3.05, 3.63) is 29.3 Å². The average molecular weight is 261 g/mol. The molecule has 0 saturated heterocycles. The Labute approximate surface area is 117 Å². The molecule has 19 heavy (non-hydrogen) atoms. The summed E-state index contributed by atoms with van der Waals surface area (Å²) >= 11 is 0. The first-order valence-corrected chi connectivity index (χ1v) is 7.28. The van der Waals surface area contributed by atoms with Gasteiger partial charge in [-0.15, -0.1) is 0 Å². The Balaban J connectivity index is 2.07. The van der Waals surface area contributed by atoms with Gasteiger partial charge in [0.05, 0.1) is 6.10 Å². The molecule has 106 valence electrons. The number of hydrogen-bond donors (Lipinski definition) is 1. The van der Waals surface area contributed by atoms with Crippen LogP contribution in [0.4, 0.5) is 5.69 Å². The molecule has 1 aromatic rings. The zero-order chi connectivity index (χ0) is 14.2. The summed E-state index contributed by atoms with van der Waals surface area (Å²) in [6.07, 6.45) is 2.07. The van der Waals surface area contributed by atoms with E-state index in [2.05, 4.69) is 57.8 Å². The van der Waals surface area contributed by atoms with E-state index in [-0.39, 0.29) is 11.5 Å². The summed E-state index contributed by atoms with van der Waals surface area (Å²) in [5.41, 5.74) is 3.97. The molecule has 1 saturated carbocycles. The SMILES string of the molecule is Cc1ccc(N(C)CC2CCC(C)(C)C2O)c(C)c1. The Morgan fingerprint density at radius 2 is 2.00 bits per heavy atom. The Morgan fingerprint density at radius 3 is 2.53 bits per heavy atom. The molecule has 0 radical (unpaired) electrons. The summed E-state index contributed by atoms with van der Waals surface area (Å²) in [4.78, 5) is 2.30. The lowest BCUT2D eigenvalue weighted by atomic mass is 9.87. The third kappa shape index (κ3) is 2.94. The van der Waals surface area contributed by atoms with E-state index in [9.17, 15) is 5.11 Å². The van der Waals surface area contributed by atoms with E-state index in [1.807, 2.05) is 0 Å². The molecule has 1 aliphatic rings. The van der Waals surface area contributed by atoms with Gasteiger partial charge >= 0.3 is 0 Å². The molecule has 1 N–H and O–H groups in total. The normalized spacial score (nSPS) is 25.6. The van der Waals surface area contributed by atoms with Crippen molar-refractivity contribution < 1.29 is 5.11 Å². The molecule has 0 bridgehead atoms. The van der Waals surface area contributed by atoms with Gasteiger partial charge in [0.2, 0.25) is 0 Å². The molecule has 0 aromatic heterocycles. The Kier molecular flexibility index (Phi) is 3.91. The van der Waals surface area contributed by atoms with Crippen LogP contribution in [0.3, 0.4) is 0 Å². The topological polar surface area (TPSA) is 23.5 Å². The number of benzene rings is 1. The maximum absolute atomic E-state index is 10.4. The van der Waals surface area contributed by atoms with Gasteiger partial charge in [-0.25, -0.2) is 0 Å². The third-order valence-corrected chi connectivity index (χ3v) is 4.68. The average Bonchev–Trinajstić information content (AvgIpc) is 2.56. The minimum atomic E-state index is -0.180. The first kappa shape index (κ1) is 14.4. The molecule has 2 nitrogen and oxygen atoms in total. The molecule has 0 aliphatic heterocycles. The second kappa shape index (κ2) is 5.16. The van der Waals surface area contributed by atoms with Crippen molar-refractivity contribution in [3.8, 4) is 0 Å². The Hall–Kier alpha value is -1.02. The molecular weight excluding hydrogens is 234 g/mol. The number of rotatable bonds is 3. The molecule has 2 unspecified atom stereocenters. The van der Waals surface area contributed by atoms with Gasteiger partial charge in [0.1, 0.15) is 0 Å². The van der Waals surface area contributed by atoms with Gasteiger partial charge in [-0.1, -0.05) is 31.5 Å². The number of aliphatic hydroxyl groups excluding tert-OH is 1. The van der Waals surface area contributed by atoms with Gasteiger partial charge < -0.3 is 10.0 Å². The van der Waals surface area contributed by atoms with Crippen LogP contribution in [0.15, 0.2) is 18.2 Å². The van der Waals surface area contributed by atoms with Crippen LogP contribution >= 0.6 is 0 Å². The summed E-state index contributed by atoms with van der Waals surface area (Å²) in [5.74, 6) is 0.390. The van der Waals surface area contributed by atoms with Gasteiger partial charge in [0, 0.05) is 25.2 Å². The maximum Gasteiger partial charge on any atom is 0.0636 e. The lowest BCUT2D eigenvalue weighted by Gasteiger charge is -2.30. The van der Waals surface area contributed by atoms with Crippen molar-refractivity contribution in [2.24, 2.45) is 11.3 Å². The van der Waals surface area contributed by atoms with Crippen molar-refractivity contribution in [1.82, 2.24) is 0 Å². The molecule has 0 heterocycles. The summed E-state index contributed by atoms with van der Waals surface area (Å²) < 4.78 is 0. The zero-order valence-corrected chi connectivity index (χ0v) is 12.9. The molecule has 2 heteroatoms. The van der Waals surface area contributed by atoms with E-state index in [1.54, 1.807) is 0 Å². The third-order valence-electron chi connectivity index (χ3n) is 4.68. The van der Waals surface area contributed by atoms with Crippen LogP contribution < -0.4 is 4.90 Å². The lowest BCUT2D eigenvalue weighted by Crippen LogP contribution is -2.35. The predicted octanol–water partition coefficient (Wildman–Crippen LogP) is 3.54. The summed E-state index contributed by atoms with van der Waals surface area (Å²) in [6.45, 7) is 9.58. The van der Waals surface area contributed by atoms with Gasteiger partial charge in [-0.05, 0) is 43.7 Å². The maximum atomic E-state index is 10.4. The highest BCUT2D eigenvalue weighted by atomic mass is 16.3. The Morgan fingerprint density at radius 1 is 1.32 bits per heavy atom. The molecule has 1 fully saturated rings. The smallest absolute Gasteiger partial charge is 0.0636 e. The molecular formula is C17H27NO. The van der Waals surface area contributed by atoms with Gasteiger partial charge in [-0.3, -0.25) is 0 Å². The van der Waals surface area contributed by atoms with Crippen molar-refractivity contribution in [2.45, 2.75) is 46.6 Å². The van der Waals surface area contributed by atoms with Crippen molar-refractivity contribution in [2.75, 3.05) is 18.5 Å². The monoisotopic (exact) mass is 261 g/mol. The largest absolute Gasteiger partial charge is 0.392 e. The van der Waals surface area contributed by atoms with E-state index in [0.29, 0.717) is 5.92 Å². The fourth-order valence-corrected chi connectivity index (χ4v) is 3.38. The summed E-state index contributed by atoms with van der Waals surface area (Å²) in [7, 11) is 2.13. The minimum Gasteiger partial charge on any atom is -0.392 e. The minimum absolute atomic E-state index is 0.0772. The number of aryl methyl sites for hydroxylation is 2. The molecule has 1 aromatic carbocycles. The summed E-state index contributed by atoms with van der Waals surface area (Å²) in [5, 5.41) is 10.4. The first-order chi connectivity index (χ1) is 8.81. The van der Waals surface area contributed by atoms with Crippen molar-refractivity contribution in [3.63, 3.8) is 0 Å². The van der Waals surface area contributed by atoms with Gasteiger partial charge in [0.25, 0.3) is 0 Å². The number of anilines is 1. The van der Waals surface area contributed by atoms with Crippen LogP contribution in [0.5, 0.6) is 0 Å². The number of nitrogens with zero attached hydrogens (tertiary/aromatic N) is 1. The summed E-state index contributed by atoms with van der Waals surface area (Å²) in [6, 6.07) is 6.58. The van der Waals surface area contributed by atoms with E-state index < -0.39 is 0 Å². The van der Waals surface area contributed by atoms with Crippen LogP contribution in [-0.4, -0.2) is 24.8 Å². The van der Waals surface area contributed by atoms with E-state index in [4.69, 9.17) is 0 Å². The molecule has 1 aliphatic carbocycles. The van der Waals surface area contributed by atoms with E-state index >= 15 is 0 Å².